The lowest BCUT2D eigenvalue weighted by atomic mass is 9.85. The van der Waals surface area contributed by atoms with E-state index in [1.54, 1.807) is 7.05 Å². The Hall–Kier alpha value is -2.34. The standard InChI is InChI=1S/C21H25ClN4O2/c1-23-21(24-9-8-13-2-6-16(22)7-3-13)25-10-11-26-19(27)17-14-4-5-15(12-14)18(17)20(26)28/h2-7,14-15,17-18H,8-12H2,1H3,(H2,23,24,25). The van der Waals surface area contributed by atoms with E-state index in [1.807, 2.05) is 24.3 Å². The van der Waals surface area contributed by atoms with E-state index in [0.29, 0.717) is 19.0 Å². The van der Waals surface area contributed by atoms with Crippen molar-refractivity contribution in [3.8, 4) is 0 Å². The zero-order valence-corrected chi connectivity index (χ0v) is 16.7. The number of nitrogens with zero attached hydrogens (tertiary/aromatic N) is 2. The second kappa shape index (κ2) is 7.95. The largest absolute Gasteiger partial charge is 0.356 e. The summed E-state index contributed by atoms with van der Waals surface area (Å²) in [6, 6.07) is 7.77. The zero-order chi connectivity index (χ0) is 19.7. The lowest BCUT2D eigenvalue weighted by molar-refractivity contribution is -0.140. The number of rotatable bonds is 6. The van der Waals surface area contributed by atoms with Crippen LogP contribution in [0.1, 0.15) is 12.0 Å². The van der Waals surface area contributed by atoms with E-state index in [9.17, 15) is 9.59 Å². The van der Waals surface area contributed by atoms with Gasteiger partial charge in [-0.3, -0.25) is 19.5 Å². The minimum atomic E-state index is -0.126. The van der Waals surface area contributed by atoms with Gasteiger partial charge in [-0.05, 0) is 42.4 Å². The van der Waals surface area contributed by atoms with Crippen LogP contribution in [-0.2, 0) is 16.0 Å². The van der Waals surface area contributed by atoms with Crippen molar-refractivity contribution >= 4 is 29.4 Å². The molecule has 0 radical (unpaired) electrons. The predicted octanol–water partition coefficient (Wildman–Crippen LogP) is 1.85. The number of guanidine groups is 1. The first-order valence-corrected chi connectivity index (χ1v) is 10.2. The number of carbonyl (C=O) groups is 2. The number of aliphatic imine (C=N–C) groups is 1. The second-order valence-corrected chi connectivity index (χ2v) is 8.07. The van der Waals surface area contributed by atoms with Crippen LogP contribution in [0.3, 0.4) is 0 Å². The minimum absolute atomic E-state index is 0.000616. The van der Waals surface area contributed by atoms with Crippen LogP contribution >= 0.6 is 11.6 Å². The van der Waals surface area contributed by atoms with Crippen LogP contribution in [0.25, 0.3) is 0 Å². The summed E-state index contributed by atoms with van der Waals surface area (Å²) < 4.78 is 0. The van der Waals surface area contributed by atoms with Gasteiger partial charge >= 0.3 is 0 Å². The number of amides is 2. The maximum atomic E-state index is 12.7. The van der Waals surface area contributed by atoms with Crippen LogP contribution in [0.2, 0.25) is 5.02 Å². The molecule has 1 aliphatic heterocycles. The molecule has 0 aromatic heterocycles. The van der Waals surface area contributed by atoms with Crippen molar-refractivity contribution in [2.75, 3.05) is 26.7 Å². The first-order chi connectivity index (χ1) is 13.6. The number of benzene rings is 1. The van der Waals surface area contributed by atoms with Gasteiger partial charge < -0.3 is 10.6 Å². The third-order valence-electron chi connectivity index (χ3n) is 6.03. The maximum absolute atomic E-state index is 12.7. The molecule has 1 saturated heterocycles. The molecular formula is C21H25ClN4O2. The van der Waals surface area contributed by atoms with Crippen molar-refractivity contribution < 1.29 is 9.59 Å². The van der Waals surface area contributed by atoms with Gasteiger partial charge in [0, 0.05) is 31.7 Å². The van der Waals surface area contributed by atoms with E-state index < -0.39 is 0 Å². The minimum Gasteiger partial charge on any atom is -0.356 e. The number of hydrogen-bond acceptors (Lipinski definition) is 3. The Labute approximate surface area is 170 Å². The van der Waals surface area contributed by atoms with Crippen LogP contribution in [-0.4, -0.2) is 49.4 Å². The van der Waals surface area contributed by atoms with Crippen molar-refractivity contribution in [1.29, 1.82) is 0 Å². The molecule has 1 heterocycles. The molecule has 148 valence electrons. The molecular weight excluding hydrogens is 376 g/mol. The molecule has 4 atom stereocenters. The highest BCUT2D eigenvalue weighted by Gasteiger charge is 2.58. The SMILES string of the molecule is CN=C(NCCc1ccc(Cl)cc1)NCCN1C(=O)C2C3C=CC(C3)C2C1=O. The monoisotopic (exact) mass is 400 g/mol. The molecule has 2 N–H and O–H groups in total. The molecule has 28 heavy (non-hydrogen) atoms. The molecule has 4 rings (SSSR count). The molecule has 1 saturated carbocycles. The Kier molecular flexibility index (Phi) is 5.40. The number of carbonyl (C=O) groups excluding carboxylic acids is 2. The molecule has 6 nitrogen and oxygen atoms in total. The highest BCUT2D eigenvalue weighted by Crippen LogP contribution is 2.52. The summed E-state index contributed by atoms with van der Waals surface area (Å²) in [5.41, 5.74) is 1.19. The molecule has 0 spiro atoms. The van der Waals surface area contributed by atoms with Crippen LogP contribution in [0.4, 0.5) is 0 Å². The van der Waals surface area contributed by atoms with E-state index in [-0.39, 0.29) is 35.5 Å². The fourth-order valence-corrected chi connectivity index (χ4v) is 4.79. The van der Waals surface area contributed by atoms with Crippen LogP contribution in [0.15, 0.2) is 41.4 Å². The second-order valence-electron chi connectivity index (χ2n) is 7.63. The smallest absolute Gasteiger partial charge is 0.233 e. The van der Waals surface area contributed by atoms with Gasteiger partial charge in [-0.25, -0.2) is 0 Å². The molecule has 2 aliphatic carbocycles. The topological polar surface area (TPSA) is 73.8 Å². The van der Waals surface area contributed by atoms with Crippen LogP contribution < -0.4 is 10.6 Å². The van der Waals surface area contributed by atoms with Crippen molar-refractivity contribution in [2.24, 2.45) is 28.7 Å². The quantitative estimate of drug-likeness (QED) is 0.331. The van der Waals surface area contributed by atoms with Gasteiger partial charge in [0.05, 0.1) is 11.8 Å². The molecule has 4 unspecified atom stereocenters. The van der Waals surface area contributed by atoms with E-state index in [4.69, 9.17) is 11.6 Å². The Morgan fingerprint density at radius 3 is 2.29 bits per heavy atom. The number of likely N-dealkylation sites (tertiary alicyclic amines) is 1. The molecule has 1 aromatic rings. The molecule has 7 heteroatoms. The Morgan fingerprint density at radius 2 is 1.68 bits per heavy atom. The first kappa shape index (κ1) is 19.0. The summed E-state index contributed by atoms with van der Waals surface area (Å²) in [6.07, 6.45) is 6.04. The zero-order valence-electron chi connectivity index (χ0n) is 15.9. The Morgan fingerprint density at radius 1 is 1.07 bits per heavy atom. The summed E-state index contributed by atoms with van der Waals surface area (Å²) in [4.78, 5) is 31.0. The first-order valence-electron chi connectivity index (χ1n) is 9.81. The van der Waals surface area contributed by atoms with Gasteiger partial charge in [-0.2, -0.15) is 0 Å². The number of halogens is 1. The molecule has 2 fully saturated rings. The molecule has 1 aromatic carbocycles. The van der Waals surface area contributed by atoms with Crippen LogP contribution in [0.5, 0.6) is 0 Å². The average Bonchev–Trinajstić information content (AvgIpc) is 3.37. The van der Waals surface area contributed by atoms with E-state index in [1.165, 1.54) is 10.5 Å². The Bertz CT molecular complexity index is 790. The third-order valence-corrected chi connectivity index (χ3v) is 6.28. The molecule has 3 aliphatic rings. The van der Waals surface area contributed by atoms with E-state index in [0.717, 1.165) is 24.4 Å². The maximum Gasteiger partial charge on any atom is 0.233 e. The summed E-state index contributed by atoms with van der Waals surface area (Å²) in [7, 11) is 1.71. The highest BCUT2D eigenvalue weighted by molar-refractivity contribution is 6.30. The summed E-state index contributed by atoms with van der Waals surface area (Å²) in [5, 5.41) is 7.17. The number of imide groups is 1. The number of hydrogen-bond donors (Lipinski definition) is 2. The average molecular weight is 401 g/mol. The van der Waals surface area contributed by atoms with Crippen LogP contribution in [0, 0.1) is 23.7 Å². The van der Waals surface area contributed by atoms with E-state index >= 15 is 0 Å². The molecule has 2 bridgehead atoms. The predicted molar refractivity (Wildman–Crippen MR) is 109 cm³/mol. The molecule has 2 amide bonds. The lowest BCUT2D eigenvalue weighted by Crippen LogP contribution is -2.44. The van der Waals surface area contributed by atoms with Crippen molar-refractivity contribution in [2.45, 2.75) is 12.8 Å². The third kappa shape index (κ3) is 3.53. The Balaban J connectivity index is 1.22. The van der Waals surface area contributed by atoms with Gasteiger partial charge in [-0.1, -0.05) is 35.9 Å². The summed E-state index contributed by atoms with van der Waals surface area (Å²) in [6.45, 7) is 1.59. The fraction of sp³-hybridized carbons (Fsp3) is 0.476. The number of nitrogens with one attached hydrogen (secondary N) is 2. The summed E-state index contributed by atoms with van der Waals surface area (Å²) >= 11 is 5.90. The normalized spacial score (nSPS) is 28.2. The van der Waals surface area contributed by atoms with Crippen molar-refractivity contribution in [1.82, 2.24) is 15.5 Å². The highest BCUT2D eigenvalue weighted by atomic mass is 35.5. The van der Waals surface area contributed by atoms with Crippen molar-refractivity contribution in [3.05, 3.63) is 47.0 Å². The number of fused-ring (bicyclic) bond motifs is 5. The number of allylic oxidation sites excluding steroid dienone is 2. The van der Waals surface area contributed by atoms with Gasteiger partial charge in [0.25, 0.3) is 0 Å². The summed E-state index contributed by atoms with van der Waals surface area (Å²) in [5.74, 6) is 0.922. The van der Waals surface area contributed by atoms with Crippen molar-refractivity contribution in [3.63, 3.8) is 0 Å². The van der Waals surface area contributed by atoms with Gasteiger partial charge in [0.1, 0.15) is 0 Å². The lowest BCUT2D eigenvalue weighted by Gasteiger charge is -2.18. The van der Waals surface area contributed by atoms with Gasteiger partial charge in [-0.15, -0.1) is 0 Å². The van der Waals surface area contributed by atoms with Gasteiger partial charge in [0.15, 0.2) is 5.96 Å². The van der Waals surface area contributed by atoms with E-state index in [2.05, 4.69) is 27.8 Å². The fourth-order valence-electron chi connectivity index (χ4n) is 4.67. The van der Waals surface area contributed by atoms with Gasteiger partial charge in [0.2, 0.25) is 11.8 Å².